The third kappa shape index (κ3) is 3.64. The molecule has 0 radical (unpaired) electrons. The molecule has 1 saturated heterocycles. The first-order valence-corrected chi connectivity index (χ1v) is 5.41. The minimum absolute atomic E-state index is 0.454. The fraction of sp³-hybridized carbons (Fsp3) is 0.667. The number of hydrogen-bond acceptors (Lipinski definition) is 2. The first-order chi connectivity index (χ1) is 6.81. The molecule has 0 spiro atoms. The van der Waals surface area contributed by atoms with Gasteiger partial charge in [0.15, 0.2) is 0 Å². The summed E-state index contributed by atoms with van der Waals surface area (Å²) >= 11 is 0. The van der Waals surface area contributed by atoms with Crippen LogP contribution in [0.15, 0.2) is 25.3 Å². The lowest BCUT2D eigenvalue weighted by atomic mass is 10.2. The van der Waals surface area contributed by atoms with E-state index in [4.69, 9.17) is 4.74 Å². The monoisotopic (exact) mass is 195 g/mol. The largest absolute Gasteiger partial charge is 0.368 e. The summed E-state index contributed by atoms with van der Waals surface area (Å²) in [7, 11) is 0. The van der Waals surface area contributed by atoms with E-state index in [1.54, 1.807) is 0 Å². The highest BCUT2D eigenvalue weighted by atomic mass is 16.6. The van der Waals surface area contributed by atoms with Crippen molar-refractivity contribution in [2.24, 2.45) is 0 Å². The highest BCUT2D eigenvalue weighted by Crippen LogP contribution is 2.27. The maximum absolute atomic E-state index is 5.57. The lowest BCUT2D eigenvalue weighted by Crippen LogP contribution is -2.28. The van der Waals surface area contributed by atoms with Crippen molar-refractivity contribution >= 4 is 0 Å². The van der Waals surface area contributed by atoms with Gasteiger partial charge in [-0.3, -0.25) is 4.90 Å². The molecular formula is C12H21NO. The quantitative estimate of drug-likeness (QED) is 0.436. The van der Waals surface area contributed by atoms with Gasteiger partial charge in [0.2, 0.25) is 0 Å². The zero-order valence-electron chi connectivity index (χ0n) is 9.11. The van der Waals surface area contributed by atoms with Crippen molar-refractivity contribution in [2.45, 2.75) is 32.0 Å². The van der Waals surface area contributed by atoms with Crippen LogP contribution in [0.2, 0.25) is 0 Å². The summed E-state index contributed by atoms with van der Waals surface area (Å²) in [4.78, 5) is 2.31. The molecule has 0 aromatic carbocycles. The number of hydrogen-bond donors (Lipinski definition) is 0. The van der Waals surface area contributed by atoms with Gasteiger partial charge in [0.1, 0.15) is 0 Å². The second-order valence-corrected chi connectivity index (χ2v) is 3.80. The van der Waals surface area contributed by atoms with Crippen molar-refractivity contribution in [3.05, 3.63) is 25.3 Å². The van der Waals surface area contributed by atoms with Gasteiger partial charge in [-0.05, 0) is 6.42 Å². The lowest BCUT2D eigenvalue weighted by Gasteiger charge is -2.16. The minimum atomic E-state index is 0.454. The second-order valence-electron chi connectivity index (χ2n) is 3.80. The number of epoxide rings is 1. The molecule has 14 heavy (non-hydrogen) atoms. The van der Waals surface area contributed by atoms with Gasteiger partial charge < -0.3 is 4.74 Å². The third-order valence-electron chi connectivity index (χ3n) is 2.47. The van der Waals surface area contributed by atoms with Crippen LogP contribution in [0.5, 0.6) is 0 Å². The molecule has 80 valence electrons. The molecule has 1 aliphatic rings. The van der Waals surface area contributed by atoms with Gasteiger partial charge in [-0.1, -0.05) is 25.5 Å². The van der Waals surface area contributed by atoms with Gasteiger partial charge in [0.05, 0.1) is 12.2 Å². The Morgan fingerprint density at radius 2 is 1.86 bits per heavy atom. The molecule has 1 fully saturated rings. The topological polar surface area (TPSA) is 15.8 Å². The fourth-order valence-electron chi connectivity index (χ4n) is 1.72. The van der Waals surface area contributed by atoms with E-state index < -0.39 is 0 Å². The number of ether oxygens (including phenoxy) is 1. The first-order valence-electron chi connectivity index (χ1n) is 5.41. The molecule has 2 heteroatoms. The normalized spacial score (nSPS) is 25.0. The summed E-state index contributed by atoms with van der Waals surface area (Å²) in [5, 5.41) is 0. The second kappa shape index (κ2) is 5.99. The van der Waals surface area contributed by atoms with E-state index in [9.17, 15) is 0 Å². The average molecular weight is 195 g/mol. The molecule has 1 rings (SSSR count). The standard InChI is InChI=1S/C12H21NO/c1-4-7-11-12(14-11)10-13(8-5-2)9-6-3/h5-6,11-12H,2-4,7-10H2,1H3/t11-,12-/m0/s1. The predicted molar refractivity (Wildman–Crippen MR) is 60.4 cm³/mol. The highest BCUT2D eigenvalue weighted by molar-refractivity contribution is 4.90. The molecule has 0 aliphatic carbocycles. The van der Waals surface area contributed by atoms with Crippen molar-refractivity contribution in [3.63, 3.8) is 0 Å². The Bertz CT molecular complexity index is 181. The molecule has 0 saturated carbocycles. The van der Waals surface area contributed by atoms with E-state index in [1.807, 2.05) is 12.2 Å². The van der Waals surface area contributed by atoms with E-state index in [0.29, 0.717) is 12.2 Å². The van der Waals surface area contributed by atoms with Gasteiger partial charge >= 0.3 is 0 Å². The SMILES string of the molecule is C=CCN(CC=C)C[C@@H]1O[C@H]1CCC. The van der Waals surface area contributed by atoms with Crippen LogP contribution in [0.3, 0.4) is 0 Å². The van der Waals surface area contributed by atoms with E-state index in [2.05, 4.69) is 25.0 Å². The predicted octanol–water partition coefficient (Wildman–Crippen LogP) is 2.23. The molecule has 0 aromatic rings. The molecule has 0 bridgehead atoms. The molecule has 0 aromatic heterocycles. The van der Waals surface area contributed by atoms with Crippen molar-refractivity contribution < 1.29 is 4.74 Å². The maximum Gasteiger partial charge on any atom is 0.0968 e. The van der Waals surface area contributed by atoms with Gasteiger partial charge in [-0.2, -0.15) is 0 Å². The molecule has 2 nitrogen and oxygen atoms in total. The Labute approximate surface area is 87.2 Å². The summed E-state index contributed by atoms with van der Waals surface area (Å²) in [5.41, 5.74) is 0. The Kier molecular flexibility index (Phi) is 4.91. The molecular weight excluding hydrogens is 174 g/mol. The van der Waals surface area contributed by atoms with E-state index in [1.165, 1.54) is 12.8 Å². The third-order valence-corrected chi connectivity index (χ3v) is 2.47. The maximum atomic E-state index is 5.57. The van der Waals surface area contributed by atoms with Crippen molar-refractivity contribution in [3.8, 4) is 0 Å². The smallest absolute Gasteiger partial charge is 0.0968 e. The average Bonchev–Trinajstić information content (AvgIpc) is 2.85. The van der Waals surface area contributed by atoms with Crippen LogP contribution >= 0.6 is 0 Å². The van der Waals surface area contributed by atoms with Crippen LogP contribution in [0, 0.1) is 0 Å². The molecule has 0 amide bonds. The van der Waals surface area contributed by atoms with Crippen LogP contribution in [-0.2, 0) is 4.74 Å². The zero-order chi connectivity index (χ0) is 10.4. The molecule has 0 N–H and O–H groups in total. The summed E-state index contributed by atoms with van der Waals surface area (Å²) in [6, 6.07) is 0. The Morgan fingerprint density at radius 1 is 1.21 bits per heavy atom. The minimum Gasteiger partial charge on any atom is -0.368 e. The summed E-state index contributed by atoms with van der Waals surface area (Å²) in [6.07, 6.45) is 7.23. The van der Waals surface area contributed by atoms with Gasteiger partial charge in [0.25, 0.3) is 0 Å². The van der Waals surface area contributed by atoms with E-state index in [-0.39, 0.29) is 0 Å². The van der Waals surface area contributed by atoms with Gasteiger partial charge in [-0.25, -0.2) is 0 Å². The molecule has 1 heterocycles. The van der Waals surface area contributed by atoms with Crippen LogP contribution < -0.4 is 0 Å². The van der Waals surface area contributed by atoms with Gasteiger partial charge in [-0.15, -0.1) is 13.2 Å². The highest BCUT2D eigenvalue weighted by Gasteiger charge is 2.38. The summed E-state index contributed by atoms with van der Waals surface area (Å²) in [6.45, 7) is 12.6. The summed E-state index contributed by atoms with van der Waals surface area (Å²) in [5.74, 6) is 0. The van der Waals surface area contributed by atoms with E-state index >= 15 is 0 Å². The molecule has 2 atom stereocenters. The van der Waals surface area contributed by atoms with E-state index in [0.717, 1.165) is 19.6 Å². The molecule has 1 aliphatic heterocycles. The lowest BCUT2D eigenvalue weighted by molar-refractivity contribution is 0.279. The van der Waals surface area contributed by atoms with Crippen LogP contribution in [0.25, 0.3) is 0 Å². The Balaban J connectivity index is 2.20. The zero-order valence-corrected chi connectivity index (χ0v) is 9.11. The first kappa shape index (κ1) is 11.5. The van der Waals surface area contributed by atoms with Crippen LogP contribution in [0.1, 0.15) is 19.8 Å². The van der Waals surface area contributed by atoms with Gasteiger partial charge in [0, 0.05) is 19.6 Å². The Morgan fingerprint density at radius 3 is 2.36 bits per heavy atom. The summed E-state index contributed by atoms with van der Waals surface area (Å²) < 4.78 is 5.57. The van der Waals surface area contributed by atoms with Crippen molar-refractivity contribution in [1.82, 2.24) is 4.90 Å². The number of nitrogens with zero attached hydrogens (tertiary/aromatic N) is 1. The molecule has 0 unspecified atom stereocenters. The number of rotatable bonds is 8. The Hall–Kier alpha value is -0.600. The fourth-order valence-corrected chi connectivity index (χ4v) is 1.72. The van der Waals surface area contributed by atoms with Crippen LogP contribution in [-0.4, -0.2) is 36.7 Å². The van der Waals surface area contributed by atoms with Crippen molar-refractivity contribution in [2.75, 3.05) is 19.6 Å². The van der Waals surface area contributed by atoms with Crippen molar-refractivity contribution in [1.29, 1.82) is 0 Å². The van der Waals surface area contributed by atoms with Crippen LogP contribution in [0.4, 0.5) is 0 Å².